The monoisotopic (exact) mass is 813 g/mol. The molecule has 4 fully saturated rings. The molecule has 4 aliphatic rings. The van der Waals surface area contributed by atoms with Crippen molar-refractivity contribution in [3.05, 3.63) is 117 Å². The minimum absolute atomic E-state index is 0.0238. The van der Waals surface area contributed by atoms with E-state index in [-0.39, 0.29) is 69.4 Å². The summed E-state index contributed by atoms with van der Waals surface area (Å²) in [5, 5.41) is 23.0. The van der Waals surface area contributed by atoms with E-state index in [9.17, 15) is 28.7 Å². The van der Waals surface area contributed by atoms with Gasteiger partial charge in [-0.25, -0.2) is 9.18 Å². The van der Waals surface area contributed by atoms with E-state index < -0.39 is 30.4 Å². The molecule has 4 aromatic rings. The van der Waals surface area contributed by atoms with Crippen LogP contribution in [0.4, 0.5) is 23.7 Å². The number of piperidine rings is 3. The molecule has 3 saturated heterocycles. The van der Waals surface area contributed by atoms with Gasteiger partial charge in [0.1, 0.15) is 22.0 Å². The first-order valence-corrected chi connectivity index (χ1v) is 19.3. The number of amides is 1. The quantitative estimate of drug-likeness (QED) is 0.109. The standard InChI is InChI=1S/C41H40Cl2F3N3O7/c42-32-21-48(53)22-33(43)31(32)19-29(26-10-12-36(55-40(45)46)37(18-26)54-27-5-1-2-6-27)30-17-24(9-11-28(30)39(50)51)20-49(35-8-4-3-7-34(35)44)41(52)56-38-23-47-15-13-25(38)14-16-47/h3-4,7-12,17-18,21-22,25,27,29,38,40H,1-2,5-6,13-16,19-20,23H2,(H-,50,51,53)/t29-,38-/m0/s1. The summed E-state index contributed by atoms with van der Waals surface area (Å²) >= 11 is 13.2. The average Bonchev–Trinajstić information content (AvgIpc) is 3.68. The lowest BCUT2D eigenvalue weighted by atomic mass is 9.82. The Hall–Kier alpha value is -4.72. The van der Waals surface area contributed by atoms with Gasteiger partial charge in [-0.05, 0) is 105 Å². The molecule has 0 radical (unpaired) electrons. The highest BCUT2D eigenvalue weighted by Gasteiger charge is 2.38. The van der Waals surface area contributed by atoms with Gasteiger partial charge in [-0.2, -0.15) is 8.78 Å². The zero-order chi connectivity index (χ0) is 39.5. The van der Waals surface area contributed by atoms with E-state index in [1.807, 2.05) is 0 Å². The summed E-state index contributed by atoms with van der Waals surface area (Å²) in [7, 11) is 0. The number of aromatic nitrogens is 1. The van der Waals surface area contributed by atoms with Gasteiger partial charge in [-0.3, -0.25) is 15.0 Å². The lowest BCUT2D eigenvalue weighted by Gasteiger charge is -2.44. The van der Waals surface area contributed by atoms with E-state index in [4.69, 9.17) is 37.4 Å². The number of para-hydroxylation sites is 1. The minimum atomic E-state index is -3.13. The summed E-state index contributed by atoms with van der Waals surface area (Å²) in [6.45, 7) is -0.893. The van der Waals surface area contributed by atoms with Crippen molar-refractivity contribution in [3.8, 4) is 11.5 Å². The molecule has 1 N–H and O–H groups in total. The van der Waals surface area contributed by atoms with Gasteiger partial charge in [0.2, 0.25) is 12.4 Å². The number of aromatic carboxylic acids is 1. The smallest absolute Gasteiger partial charge is 0.415 e. The molecule has 4 heterocycles. The molecule has 8 rings (SSSR count). The second-order valence-electron chi connectivity index (χ2n) is 14.5. The molecule has 3 aliphatic heterocycles. The van der Waals surface area contributed by atoms with E-state index in [0.29, 0.717) is 28.0 Å². The van der Waals surface area contributed by atoms with E-state index in [1.54, 1.807) is 12.1 Å². The van der Waals surface area contributed by atoms with Crippen LogP contribution in [0, 0.1) is 11.7 Å². The number of fused-ring (bicyclic) bond motifs is 3. The predicted molar refractivity (Wildman–Crippen MR) is 198 cm³/mol. The van der Waals surface area contributed by atoms with Crippen LogP contribution in [0.15, 0.2) is 73.1 Å². The highest BCUT2D eigenvalue weighted by Crippen LogP contribution is 2.41. The first kappa shape index (κ1) is 39.5. The van der Waals surface area contributed by atoms with Crippen molar-refractivity contribution in [1.29, 1.82) is 0 Å². The number of carboxylic acids is 1. The Morgan fingerprint density at radius 1 is 0.964 bits per heavy atom. The van der Waals surface area contributed by atoms with Crippen molar-refractivity contribution in [2.24, 2.45) is 5.92 Å². The molecule has 2 bridgehead atoms. The summed E-state index contributed by atoms with van der Waals surface area (Å²) < 4.78 is 60.3. The number of anilines is 1. The summed E-state index contributed by atoms with van der Waals surface area (Å²) in [5.74, 6) is -3.02. The molecule has 0 spiro atoms. The van der Waals surface area contributed by atoms with Crippen molar-refractivity contribution in [2.45, 2.75) is 76.2 Å². The molecule has 1 aliphatic carbocycles. The Bertz CT molecular complexity index is 2060. The molecule has 1 saturated carbocycles. The zero-order valence-corrected chi connectivity index (χ0v) is 31.7. The van der Waals surface area contributed by atoms with Gasteiger partial charge in [-0.15, -0.1) is 0 Å². The molecule has 2 atom stereocenters. The molecule has 1 amide bonds. The average molecular weight is 815 g/mol. The number of alkyl halides is 2. The Kier molecular flexibility index (Phi) is 12.1. The Balaban J connectivity index is 1.31. The van der Waals surface area contributed by atoms with Crippen molar-refractivity contribution < 1.29 is 52.0 Å². The maximum Gasteiger partial charge on any atom is 0.415 e. The number of hydrogen-bond donors (Lipinski definition) is 1. The molecule has 0 unspecified atom stereocenters. The fraction of sp³-hybridized carbons (Fsp3) is 0.390. The number of carbonyl (C=O) groups is 2. The fourth-order valence-corrected chi connectivity index (χ4v) is 8.69. The molecular formula is C41H40Cl2F3N3O7. The van der Waals surface area contributed by atoms with Gasteiger partial charge < -0.3 is 24.1 Å². The largest absolute Gasteiger partial charge is 0.545 e. The highest BCUT2D eigenvalue weighted by molar-refractivity contribution is 6.35. The van der Waals surface area contributed by atoms with Gasteiger partial charge in [0.05, 0.1) is 24.3 Å². The van der Waals surface area contributed by atoms with Crippen molar-refractivity contribution in [3.63, 3.8) is 0 Å². The van der Waals surface area contributed by atoms with Crippen molar-refractivity contribution in [2.75, 3.05) is 24.5 Å². The predicted octanol–water partition coefficient (Wildman–Crippen LogP) is 7.56. The van der Waals surface area contributed by atoms with Crippen LogP contribution in [0.1, 0.15) is 77.1 Å². The van der Waals surface area contributed by atoms with Crippen LogP contribution in [0.3, 0.4) is 0 Å². The number of pyridine rings is 1. The maximum atomic E-state index is 15.4. The van der Waals surface area contributed by atoms with Crippen LogP contribution in [-0.2, 0) is 17.7 Å². The number of ether oxygens (including phenoxy) is 3. The SMILES string of the molecule is O=C([O-])c1ccc(CN(C(=O)O[C@H]2CN3CCC2CC3)c2ccccc2F)cc1[C@@H](Cc1c(Cl)c[n+](O)cc1Cl)c1ccc(OC(F)F)c(OC2CCCC2)c1. The first-order chi connectivity index (χ1) is 26.9. The first-order valence-electron chi connectivity index (χ1n) is 18.6. The normalized spacial score (nSPS) is 19.9. The van der Waals surface area contributed by atoms with Crippen LogP contribution in [-0.4, -0.2) is 60.6 Å². The van der Waals surface area contributed by atoms with E-state index >= 15 is 4.39 Å². The van der Waals surface area contributed by atoms with Gasteiger partial charge >= 0.3 is 12.7 Å². The number of carbonyl (C=O) groups excluding carboxylic acids is 2. The molecule has 1 aromatic heterocycles. The Labute approximate surface area is 331 Å². The van der Waals surface area contributed by atoms with E-state index in [0.717, 1.165) is 51.6 Å². The third-order valence-corrected chi connectivity index (χ3v) is 11.6. The molecule has 3 aromatic carbocycles. The van der Waals surface area contributed by atoms with Crippen LogP contribution in [0.25, 0.3) is 0 Å². The van der Waals surface area contributed by atoms with Crippen LogP contribution < -0.4 is 24.2 Å². The Morgan fingerprint density at radius 3 is 2.32 bits per heavy atom. The number of halogens is 5. The van der Waals surface area contributed by atoms with Crippen molar-refractivity contribution >= 4 is 41.0 Å². The van der Waals surface area contributed by atoms with Crippen LogP contribution in [0.2, 0.25) is 10.0 Å². The summed E-state index contributed by atoms with van der Waals surface area (Å²) in [5.41, 5.74) is 1.16. The lowest BCUT2D eigenvalue weighted by molar-refractivity contribution is -0.904. The number of nitrogens with zero attached hydrogens (tertiary/aromatic N) is 3. The number of benzene rings is 3. The minimum Gasteiger partial charge on any atom is -0.545 e. The fourth-order valence-electron chi connectivity index (χ4n) is 8.08. The second kappa shape index (κ2) is 17.2. The number of rotatable bonds is 13. The number of carboxylic acid groups (broad SMARTS) is 1. The zero-order valence-electron chi connectivity index (χ0n) is 30.2. The van der Waals surface area contributed by atoms with Gasteiger partial charge in [0, 0.05) is 28.3 Å². The second-order valence-corrected chi connectivity index (χ2v) is 15.3. The summed E-state index contributed by atoms with van der Waals surface area (Å²) in [6, 6.07) is 14.6. The molecule has 15 heteroatoms. The van der Waals surface area contributed by atoms with Crippen LogP contribution in [0.5, 0.6) is 11.5 Å². The molecular weight excluding hydrogens is 774 g/mol. The van der Waals surface area contributed by atoms with Crippen LogP contribution >= 0.6 is 23.2 Å². The van der Waals surface area contributed by atoms with Crippen molar-refractivity contribution in [1.82, 2.24) is 4.90 Å². The topological polar surface area (TPSA) is 115 Å². The molecule has 296 valence electrons. The number of hydrogen-bond acceptors (Lipinski definition) is 8. The Morgan fingerprint density at radius 2 is 1.68 bits per heavy atom. The lowest BCUT2D eigenvalue weighted by Crippen LogP contribution is -2.53. The third-order valence-electron chi connectivity index (χ3n) is 10.9. The molecule has 10 nitrogen and oxygen atoms in total. The van der Waals surface area contributed by atoms with Gasteiger partial charge in [-0.1, -0.05) is 59.6 Å². The summed E-state index contributed by atoms with van der Waals surface area (Å²) in [4.78, 5) is 30.2. The third kappa shape index (κ3) is 8.95. The highest BCUT2D eigenvalue weighted by atomic mass is 35.5. The molecule has 56 heavy (non-hydrogen) atoms. The summed E-state index contributed by atoms with van der Waals surface area (Å²) in [6.07, 6.45) is 6.08. The van der Waals surface area contributed by atoms with E-state index in [1.165, 1.54) is 65.8 Å². The van der Waals surface area contributed by atoms with Gasteiger partial charge in [0.25, 0.3) is 0 Å². The van der Waals surface area contributed by atoms with E-state index in [2.05, 4.69) is 4.90 Å². The maximum absolute atomic E-state index is 15.4. The van der Waals surface area contributed by atoms with Gasteiger partial charge in [0.15, 0.2) is 11.5 Å².